The molecule has 2 saturated carbocycles. The van der Waals surface area contributed by atoms with Gasteiger partial charge in [0, 0.05) is 30.3 Å². The van der Waals surface area contributed by atoms with E-state index in [1.54, 1.807) is 9.58 Å². The van der Waals surface area contributed by atoms with E-state index in [1.807, 2.05) is 20.8 Å². The number of alkyl halides is 3. The molecule has 2 amide bonds. The van der Waals surface area contributed by atoms with E-state index in [1.165, 1.54) is 29.2 Å². The number of rotatable bonds is 5. The summed E-state index contributed by atoms with van der Waals surface area (Å²) < 4.78 is 62.7. The predicted octanol–water partition coefficient (Wildman–Crippen LogP) is 4.06. The first-order valence-corrected chi connectivity index (χ1v) is 13.1. The van der Waals surface area contributed by atoms with Crippen LogP contribution in [0, 0.1) is 23.1 Å². The Morgan fingerprint density at radius 3 is 2.59 bits per heavy atom. The van der Waals surface area contributed by atoms with Gasteiger partial charge in [0.2, 0.25) is 0 Å². The molecule has 3 aliphatic rings. The number of hydrogen-bond donors (Lipinski definition) is 2. The molecule has 3 fully saturated rings. The van der Waals surface area contributed by atoms with Crippen LogP contribution in [0.4, 0.5) is 28.2 Å². The zero-order chi connectivity index (χ0) is 29.6. The quantitative estimate of drug-likeness (QED) is 0.441. The summed E-state index contributed by atoms with van der Waals surface area (Å²) in [6.45, 7) is 6.25. The van der Waals surface area contributed by atoms with Crippen molar-refractivity contribution in [1.82, 2.24) is 24.5 Å². The van der Waals surface area contributed by atoms with E-state index in [-0.39, 0.29) is 58.6 Å². The van der Waals surface area contributed by atoms with E-state index in [4.69, 9.17) is 16.2 Å². The largest absolute Gasteiger partial charge is 0.444 e. The summed E-state index contributed by atoms with van der Waals surface area (Å²) in [6, 6.07) is 3.04. The first-order chi connectivity index (χ1) is 19.1. The minimum Gasteiger partial charge on any atom is -0.444 e. The fourth-order valence-electron chi connectivity index (χ4n) is 6.76. The first kappa shape index (κ1) is 27.1. The van der Waals surface area contributed by atoms with Gasteiger partial charge in [-0.1, -0.05) is 12.1 Å². The van der Waals surface area contributed by atoms with Gasteiger partial charge in [-0.2, -0.15) is 23.4 Å². The average molecular weight is 576 g/mol. The van der Waals surface area contributed by atoms with Crippen LogP contribution in [-0.4, -0.2) is 55.2 Å². The molecule has 3 heterocycles. The van der Waals surface area contributed by atoms with Gasteiger partial charge in [-0.3, -0.25) is 9.48 Å². The number of halogens is 4. The molecule has 2 aromatic heterocycles. The average Bonchev–Trinajstić information content (AvgIpc) is 3.32. The SMILES string of the molecule is CC(C)(C)OC(=O)N1CC2[C@@H]3[C@H](n4nc(-c5cnn(Cc6cccc(F)c6C(F)(F)F)c5)c(C(N)=O)c4N)C[C@]23C1. The maximum Gasteiger partial charge on any atom is 0.419 e. The van der Waals surface area contributed by atoms with Gasteiger partial charge in [-0.25, -0.2) is 13.9 Å². The molecule has 41 heavy (non-hydrogen) atoms. The number of hydrogen-bond acceptors (Lipinski definition) is 6. The molecule has 1 spiro atoms. The topological polar surface area (TPSA) is 134 Å². The highest BCUT2D eigenvalue weighted by Crippen LogP contribution is 2.79. The number of fused-ring (bicyclic) bond motifs is 1. The van der Waals surface area contributed by atoms with Crippen molar-refractivity contribution in [2.75, 3.05) is 18.8 Å². The third-order valence-corrected chi connectivity index (χ3v) is 8.41. The second kappa shape index (κ2) is 8.70. The van der Waals surface area contributed by atoms with Crippen molar-refractivity contribution in [2.24, 2.45) is 23.0 Å². The van der Waals surface area contributed by atoms with Crippen LogP contribution in [0.5, 0.6) is 0 Å². The number of anilines is 1. The first-order valence-electron chi connectivity index (χ1n) is 13.1. The van der Waals surface area contributed by atoms with Crippen molar-refractivity contribution < 1.29 is 31.9 Å². The minimum atomic E-state index is -4.88. The fourth-order valence-corrected chi connectivity index (χ4v) is 6.76. The summed E-state index contributed by atoms with van der Waals surface area (Å²) in [5.74, 6) is -1.59. The Morgan fingerprint density at radius 1 is 1.22 bits per heavy atom. The summed E-state index contributed by atoms with van der Waals surface area (Å²) in [5, 5.41) is 8.72. The van der Waals surface area contributed by atoms with Gasteiger partial charge in [-0.05, 0) is 50.7 Å². The maximum atomic E-state index is 14.0. The molecule has 3 aromatic rings. The molecule has 10 nitrogen and oxygen atoms in total. The van der Waals surface area contributed by atoms with Crippen molar-refractivity contribution in [1.29, 1.82) is 0 Å². The van der Waals surface area contributed by atoms with E-state index in [0.717, 1.165) is 6.07 Å². The number of nitrogen functional groups attached to an aromatic ring is 1. The molecule has 4 N–H and O–H groups in total. The summed E-state index contributed by atoms with van der Waals surface area (Å²) in [7, 11) is 0. The van der Waals surface area contributed by atoms with Crippen LogP contribution in [0.2, 0.25) is 0 Å². The van der Waals surface area contributed by atoms with Crippen molar-refractivity contribution in [3.05, 3.63) is 53.1 Å². The van der Waals surface area contributed by atoms with Crippen LogP contribution in [0.15, 0.2) is 30.6 Å². The summed E-state index contributed by atoms with van der Waals surface area (Å²) in [4.78, 5) is 26.7. The molecule has 1 aliphatic heterocycles. The third-order valence-electron chi connectivity index (χ3n) is 8.41. The number of nitrogens with two attached hydrogens (primary N) is 2. The van der Waals surface area contributed by atoms with Gasteiger partial charge in [0.15, 0.2) is 0 Å². The second-order valence-electron chi connectivity index (χ2n) is 12.1. The molecular formula is C27H29F4N7O3. The number of primary amides is 1. The Bertz CT molecular complexity index is 1570. The minimum absolute atomic E-state index is 0.00609. The molecule has 2 aliphatic carbocycles. The number of ether oxygens (including phenoxy) is 1. The van der Waals surface area contributed by atoms with E-state index in [2.05, 4.69) is 10.2 Å². The number of carbonyl (C=O) groups is 2. The van der Waals surface area contributed by atoms with Crippen LogP contribution < -0.4 is 11.5 Å². The van der Waals surface area contributed by atoms with Crippen LogP contribution in [-0.2, 0) is 17.5 Å². The summed E-state index contributed by atoms with van der Waals surface area (Å²) >= 11 is 0. The number of likely N-dealkylation sites (tertiary alicyclic amines) is 1. The van der Waals surface area contributed by atoms with Gasteiger partial charge in [0.05, 0.1) is 24.3 Å². The van der Waals surface area contributed by atoms with Crippen molar-refractivity contribution in [3.63, 3.8) is 0 Å². The van der Waals surface area contributed by atoms with E-state index < -0.39 is 29.1 Å². The lowest BCUT2D eigenvalue weighted by Crippen LogP contribution is -2.42. The fraction of sp³-hybridized carbons (Fsp3) is 0.481. The molecule has 1 unspecified atom stereocenters. The summed E-state index contributed by atoms with van der Waals surface area (Å²) in [5.41, 5.74) is 10.2. The number of piperidine rings is 1. The highest BCUT2D eigenvalue weighted by molar-refractivity contribution is 6.03. The molecule has 4 atom stereocenters. The monoisotopic (exact) mass is 575 g/mol. The van der Waals surface area contributed by atoms with Gasteiger partial charge < -0.3 is 21.1 Å². The Morgan fingerprint density at radius 2 is 1.95 bits per heavy atom. The Labute approximate surface area is 232 Å². The van der Waals surface area contributed by atoms with Gasteiger partial charge in [0.1, 0.15) is 28.5 Å². The maximum absolute atomic E-state index is 14.0. The molecule has 0 bridgehead atoms. The van der Waals surface area contributed by atoms with Gasteiger partial charge >= 0.3 is 12.3 Å². The Hall–Kier alpha value is -4.10. The zero-order valence-electron chi connectivity index (χ0n) is 22.6. The molecule has 218 valence electrons. The number of carbonyl (C=O) groups excluding carboxylic acids is 2. The van der Waals surface area contributed by atoms with E-state index in [0.29, 0.717) is 25.1 Å². The highest BCUT2D eigenvalue weighted by atomic mass is 19.4. The van der Waals surface area contributed by atoms with Crippen molar-refractivity contribution in [3.8, 4) is 11.3 Å². The Balaban J connectivity index is 1.22. The number of benzene rings is 1. The lowest BCUT2D eigenvalue weighted by molar-refractivity contribution is -0.140. The summed E-state index contributed by atoms with van der Waals surface area (Å²) in [6.07, 6.45) is -1.75. The second-order valence-corrected chi connectivity index (χ2v) is 12.1. The standard InChI is InChI=1S/C27H29F4N7O3/c1-25(2,3)41-24(40)36-11-15-20-17(7-26(15,20)12-36)38-22(32)18(23(33)39)21(35-38)14-8-34-37(10-14)9-13-5-4-6-16(28)19(13)27(29,30)31/h4-6,8,10,15,17,20H,7,9,11-12,32H2,1-3H3,(H2,33,39)/t15?,17-,20-,26+/m1/s1. The normalized spacial score (nSPS) is 25.0. The molecule has 0 radical (unpaired) electrons. The molecular weight excluding hydrogens is 546 g/mol. The van der Waals surface area contributed by atoms with Crippen molar-refractivity contribution >= 4 is 17.8 Å². The molecule has 6 rings (SSSR count). The zero-order valence-corrected chi connectivity index (χ0v) is 22.6. The van der Waals surface area contributed by atoms with Gasteiger partial charge in [-0.15, -0.1) is 0 Å². The lowest BCUT2D eigenvalue weighted by atomic mass is 9.80. The van der Waals surface area contributed by atoms with Gasteiger partial charge in [0.25, 0.3) is 5.91 Å². The third kappa shape index (κ3) is 4.30. The number of nitrogens with zero attached hydrogens (tertiary/aromatic N) is 5. The molecule has 1 saturated heterocycles. The van der Waals surface area contributed by atoms with Crippen LogP contribution in [0.3, 0.4) is 0 Å². The number of amides is 2. The number of aromatic nitrogens is 4. The lowest BCUT2D eigenvalue weighted by Gasteiger charge is -2.37. The van der Waals surface area contributed by atoms with Crippen LogP contribution >= 0.6 is 0 Å². The van der Waals surface area contributed by atoms with Crippen LogP contribution in [0.25, 0.3) is 11.3 Å². The highest BCUT2D eigenvalue weighted by Gasteiger charge is 2.79. The van der Waals surface area contributed by atoms with E-state index >= 15 is 0 Å². The predicted molar refractivity (Wildman–Crippen MR) is 138 cm³/mol. The van der Waals surface area contributed by atoms with E-state index in [9.17, 15) is 27.2 Å². The van der Waals surface area contributed by atoms with Crippen LogP contribution in [0.1, 0.15) is 54.7 Å². The molecule has 1 aromatic carbocycles. The van der Waals surface area contributed by atoms with Crippen molar-refractivity contribution in [2.45, 2.75) is 51.6 Å². The molecule has 14 heteroatoms. The smallest absolute Gasteiger partial charge is 0.419 e. The Kier molecular flexibility index (Phi) is 5.75.